The number of esters is 1. The zero-order chi connectivity index (χ0) is 23.4. The Morgan fingerprint density at radius 1 is 1.03 bits per heavy atom. The topological polar surface area (TPSA) is 142 Å². The van der Waals surface area contributed by atoms with E-state index in [1.807, 2.05) is 0 Å². The number of rotatable bonds is 8. The van der Waals surface area contributed by atoms with Crippen LogP contribution in [0.3, 0.4) is 0 Å². The molecule has 1 atom stereocenters. The van der Waals surface area contributed by atoms with Crippen molar-refractivity contribution in [3.63, 3.8) is 0 Å². The molecule has 168 valence electrons. The molecule has 0 saturated carbocycles. The molecule has 0 radical (unpaired) electrons. The van der Waals surface area contributed by atoms with E-state index < -0.39 is 22.9 Å². The summed E-state index contributed by atoms with van der Waals surface area (Å²) in [5, 5.41) is 14.3. The SMILES string of the molecule is COc1ccc(NC(=O)C(C)OC(=O)c2cc3cc(OC)cc(OC)c3[nH]2)c([N+](=O)[O-])c1. The number of hydrogen-bond acceptors (Lipinski definition) is 8. The number of anilines is 1. The summed E-state index contributed by atoms with van der Waals surface area (Å²) in [5.74, 6) is -0.241. The van der Waals surface area contributed by atoms with Crippen molar-refractivity contribution in [1.82, 2.24) is 4.98 Å². The number of nitrogens with zero attached hydrogens (tertiary/aromatic N) is 1. The minimum Gasteiger partial charge on any atom is -0.497 e. The van der Waals surface area contributed by atoms with E-state index in [1.54, 1.807) is 18.2 Å². The van der Waals surface area contributed by atoms with E-state index in [4.69, 9.17) is 18.9 Å². The normalized spacial score (nSPS) is 11.5. The van der Waals surface area contributed by atoms with Crippen LogP contribution >= 0.6 is 0 Å². The monoisotopic (exact) mass is 443 g/mol. The van der Waals surface area contributed by atoms with Crippen molar-refractivity contribution in [1.29, 1.82) is 0 Å². The number of benzene rings is 2. The average molecular weight is 443 g/mol. The molecule has 0 bridgehead atoms. The third kappa shape index (κ3) is 4.56. The first-order chi connectivity index (χ1) is 15.3. The maximum Gasteiger partial charge on any atom is 0.355 e. The molecular formula is C21H21N3O8. The lowest BCUT2D eigenvalue weighted by Gasteiger charge is -2.13. The van der Waals surface area contributed by atoms with Gasteiger partial charge < -0.3 is 29.2 Å². The molecule has 0 aliphatic rings. The summed E-state index contributed by atoms with van der Waals surface area (Å²) in [4.78, 5) is 38.6. The Hall–Kier alpha value is -4.28. The van der Waals surface area contributed by atoms with Crippen LogP contribution in [0.1, 0.15) is 17.4 Å². The molecular weight excluding hydrogens is 422 g/mol. The summed E-state index contributed by atoms with van der Waals surface area (Å²) < 4.78 is 20.7. The smallest absolute Gasteiger partial charge is 0.355 e. The fraction of sp³-hybridized carbons (Fsp3) is 0.238. The second kappa shape index (κ2) is 9.25. The Balaban J connectivity index is 1.76. The van der Waals surface area contributed by atoms with Crippen LogP contribution in [-0.2, 0) is 9.53 Å². The van der Waals surface area contributed by atoms with Gasteiger partial charge in [0.05, 0.1) is 37.8 Å². The molecule has 1 aromatic heterocycles. The summed E-state index contributed by atoms with van der Waals surface area (Å²) in [6, 6.07) is 8.89. The fourth-order valence-electron chi connectivity index (χ4n) is 2.98. The number of methoxy groups -OCH3 is 3. The number of ether oxygens (including phenoxy) is 4. The predicted octanol–water partition coefficient (Wildman–Crippen LogP) is 3.29. The van der Waals surface area contributed by atoms with Gasteiger partial charge in [0.2, 0.25) is 0 Å². The second-order valence-corrected chi connectivity index (χ2v) is 6.65. The molecule has 11 heteroatoms. The minimum atomic E-state index is -1.23. The summed E-state index contributed by atoms with van der Waals surface area (Å²) >= 11 is 0. The zero-order valence-electron chi connectivity index (χ0n) is 17.8. The number of carbonyl (C=O) groups is 2. The van der Waals surface area contributed by atoms with Crippen LogP contribution in [0.5, 0.6) is 17.2 Å². The van der Waals surface area contributed by atoms with Gasteiger partial charge in [-0.15, -0.1) is 0 Å². The lowest BCUT2D eigenvalue weighted by Crippen LogP contribution is -2.30. The molecule has 1 heterocycles. The van der Waals surface area contributed by atoms with Crippen molar-refractivity contribution in [2.45, 2.75) is 13.0 Å². The molecule has 1 amide bonds. The van der Waals surface area contributed by atoms with Crippen molar-refractivity contribution in [3.05, 3.63) is 52.2 Å². The van der Waals surface area contributed by atoms with Gasteiger partial charge in [0.1, 0.15) is 28.6 Å². The van der Waals surface area contributed by atoms with E-state index in [-0.39, 0.29) is 22.8 Å². The second-order valence-electron chi connectivity index (χ2n) is 6.65. The predicted molar refractivity (Wildman–Crippen MR) is 115 cm³/mol. The standard InChI is InChI=1S/C21H21N3O8/c1-11(20(25)23-15-6-5-13(29-2)9-17(15)24(27)28)32-21(26)16-8-12-7-14(30-3)10-18(31-4)19(12)22-16/h5-11,22H,1-4H3,(H,23,25). The number of hydrogen-bond donors (Lipinski definition) is 2. The largest absolute Gasteiger partial charge is 0.497 e. The van der Waals surface area contributed by atoms with Gasteiger partial charge in [0.25, 0.3) is 11.6 Å². The summed E-state index contributed by atoms with van der Waals surface area (Å²) in [7, 11) is 4.36. The molecule has 0 spiro atoms. The third-order valence-electron chi connectivity index (χ3n) is 4.65. The van der Waals surface area contributed by atoms with Gasteiger partial charge in [0, 0.05) is 11.5 Å². The molecule has 1 unspecified atom stereocenters. The van der Waals surface area contributed by atoms with Crippen LogP contribution in [0.15, 0.2) is 36.4 Å². The van der Waals surface area contributed by atoms with Crippen LogP contribution < -0.4 is 19.5 Å². The van der Waals surface area contributed by atoms with Crippen LogP contribution in [0.25, 0.3) is 10.9 Å². The van der Waals surface area contributed by atoms with E-state index in [0.717, 1.165) is 0 Å². The molecule has 0 saturated heterocycles. The van der Waals surface area contributed by atoms with Crippen molar-refractivity contribution in [3.8, 4) is 17.2 Å². The Labute approximate surface area is 182 Å². The van der Waals surface area contributed by atoms with Crippen LogP contribution in [0.2, 0.25) is 0 Å². The van der Waals surface area contributed by atoms with Crippen LogP contribution in [0.4, 0.5) is 11.4 Å². The average Bonchev–Trinajstić information content (AvgIpc) is 3.22. The highest BCUT2D eigenvalue weighted by Crippen LogP contribution is 2.32. The number of aromatic nitrogens is 1. The van der Waals surface area contributed by atoms with Gasteiger partial charge in [0.15, 0.2) is 6.10 Å². The van der Waals surface area contributed by atoms with Gasteiger partial charge in [-0.3, -0.25) is 14.9 Å². The number of nitro groups is 1. The van der Waals surface area contributed by atoms with Gasteiger partial charge in [-0.1, -0.05) is 0 Å². The van der Waals surface area contributed by atoms with Crippen molar-refractivity contribution in [2.24, 2.45) is 0 Å². The van der Waals surface area contributed by atoms with E-state index >= 15 is 0 Å². The minimum absolute atomic E-state index is 0.0499. The molecule has 3 rings (SSSR count). The first kappa shape index (κ1) is 22.4. The summed E-state index contributed by atoms with van der Waals surface area (Å²) in [5.41, 5.74) is 0.256. The fourth-order valence-corrected chi connectivity index (χ4v) is 2.98. The highest BCUT2D eigenvalue weighted by atomic mass is 16.6. The number of aromatic amines is 1. The third-order valence-corrected chi connectivity index (χ3v) is 4.65. The highest BCUT2D eigenvalue weighted by Gasteiger charge is 2.24. The quantitative estimate of drug-likeness (QED) is 0.307. The molecule has 0 fully saturated rings. The van der Waals surface area contributed by atoms with E-state index in [1.165, 1.54) is 46.5 Å². The molecule has 32 heavy (non-hydrogen) atoms. The summed E-state index contributed by atoms with van der Waals surface area (Å²) in [6.45, 7) is 1.36. The number of H-pyrrole nitrogens is 1. The van der Waals surface area contributed by atoms with Gasteiger partial charge >= 0.3 is 5.97 Å². The molecule has 11 nitrogen and oxygen atoms in total. The zero-order valence-corrected chi connectivity index (χ0v) is 17.8. The maximum absolute atomic E-state index is 12.6. The molecule has 2 aromatic carbocycles. The Kier molecular flexibility index (Phi) is 6.47. The number of carbonyl (C=O) groups excluding carboxylic acids is 2. The lowest BCUT2D eigenvalue weighted by atomic mass is 10.2. The molecule has 0 aliphatic heterocycles. The van der Waals surface area contributed by atoms with Crippen molar-refractivity contribution < 1.29 is 33.5 Å². The Morgan fingerprint density at radius 2 is 1.75 bits per heavy atom. The first-order valence-electron chi connectivity index (χ1n) is 9.36. The van der Waals surface area contributed by atoms with Gasteiger partial charge in [-0.25, -0.2) is 4.79 Å². The molecule has 0 aliphatic carbocycles. The van der Waals surface area contributed by atoms with Crippen LogP contribution in [0, 0.1) is 10.1 Å². The lowest BCUT2D eigenvalue weighted by molar-refractivity contribution is -0.384. The highest BCUT2D eigenvalue weighted by molar-refractivity contribution is 6.00. The number of nitrogens with one attached hydrogen (secondary N) is 2. The number of amides is 1. The number of nitro benzene ring substituents is 1. The Morgan fingerprint density at radius 3 is 2.38 bits per heavy atom. The van der Waals surface area contributed by atoms with E-state index in [0.29, 0.717) is 22.4 Å². The maximum atomic E-state index is 12.6. The van der Waals surface area contributed by atoms with E-state index in [9.17, 15) is 19.7 Å². The summed E-state index contributed by atoms with van der Waals surface area (Å²) in [6.07, 6.45) is -1.23. The van der Waals surface area contributed by atoms with Crippen LogP contribution in [-0.4, -0.2) is 49.2 Å². The van der Waals surface area contributed by atoms with Crippen molar-refractivity contribution >= 4 is 34.2 Å². The number of fused-ring (bicyclic) bond motifs is 1. The van der Waals surface area contributed by atoms with E-state index in [2.05, 4.69) is 10.3 Å². The first-order valence-corrected chi connectivity index (χ1v) is 9.36. The Bertz CT molecular complexity index is 1190. The van der Waals surface area contributed by atoms with Crippen molar-refractivity contribution in [2.75, 3.05) is 26.6 Å². The molecule has 3 aromatic rings. The van der Waals surface area contributed by atoms with Gasteiger partial charge in [-0.2, -0.15) is 0 Å². The molecule has 2 N–H and O–H groups in total. The van der Waals surface area contributed by atoms with Gasteiger partial charge in [-0.05, 0) is 31.2 Å².